The van der Waals surface area contributed by atoms with Crippen molar-refractivity contribution >= 4 is 0 Å². The van der Waals surface area contributed by atoms with Crippen molar-refractivity contribution in [3.8, 4) is 0 Å². The molecule has 188 valence electrons. The molecule has 2 heterocycles. The fraction of sp³-hybridized carbons (Fsp3) is 1.00. The van der Waals surface area contributed by atoms with Crippen molar-refractivity contribution < 1.29 is 14.9 Å². The molecule has 7 rings (SSSR count). The maximum absolute atomic E-state index is 11.3. The minimum Gasteiger partial charge on any atom is -0.393 e. The standard InChI is InChI=1S/C30H50O3/c1-18-23-19-8-9-21-26(4)12-11-22(31)25(2,3)20(26)10-13-28(21,6)27(19,5)14-16-30(23)17-15-29(18,7)33-24(30)32/h18-24,31-32H,8-17H2,1-7H3/t18-,19+,20-,21+,22-,23+,24-,26-,27+,28+,29-,30-/m0/s1. The summed E-state index contributed by atoms with van der Waals surface area (Å²) < 4.78 is 6.34. The lowest BCUT2D eigenvalue weighted by Gasteiger charge is -2.76. The number of rotatable bonds is 0. The maximum atomic E-state index is 11.3. The van der Waals surface area contributed by atoms with Crippen LogP contribution in [0.15, 0.2) is 0 Å². The molecular formula is C30H50O3. The minimum atomic E-state index is -0.568. The minimum absolute atomic E-state index is 0.0113. The van der Waals surface area contributed by atoms with Gasteiger partial charge >= 0.3 is 0 Å². The van der Waals surface area contributed by atoms with E-state index in [-0.39, 0.29) is 22.5 Å². The lowest BCUT2D eigenvalue weighted by Crippen LogP contribution is -2.72. The normalized spacial score (nSPS) is 63.7. The molecule has 0 radical (unpaired) electrons. The Morgan fingerprint density at radius 3 is 2.09 bits per heavy atom. The first-order chi connectivity index (χ1) is 15.3. The summed E-state index contributed by atoms with van der Waals surface area (Å²) >= 11 is 0. The summed E-state index contributed by atoms with van der Waals surface area (Å²) in [4.78, 5) is 0. The van der Waals surface area contributed by atoms with Gasteiger partial charge in [0.1, 0.15) is 0 Å². The van der Waals surface area contributed by atoms with Crippen molar-refractivity contribution in [2.75, 3.05) is 0 Å². The molecule has 0 unspecified atom stereocenters. The molecule has 5 saturated carbocycles. The lowest BCUT2D eigenvalue weighted by atomic mass is 9.30. The third kappa shape index (κ3) is 2.49. The zero-order valence-electron chi connectivity index (χ0n) is 22.4. The molecule has 7 aliphatic rings. The Bertz CT molecular complexity index is 838. The third-order valence-electron chi connectivity index (χ3n) is 14.6. The highest BCUT2D eigenvalue weighted by atomic mass is 16.6. The monoisotopic (exact) mass is 458 g/mol. The number of ether oxygens (including phenoxy) is 1. The first kappa shape index (κ1) is 23.3. The maximum Gasteiger partial charge on any atom is 0.161 e. The van der Waals surface area contributed by atoms with E-state index in [1.807, 2.05) is 0 Å². The molecule has 0 aromatic rings. The van der Waals surface area contributed by atoms with Gasteiger partial charge in [0.05, 0.1) is 11.7 Å². The summed E-state index contributed by atoms with van der Waals surface area (Å²) in [5.74, 6) is 3.18. The molecule has 0 aromatic carbocycles. The molecule has 5 aliphatic carbocycles. The van der Waals surface area contributed by atoms with Gasteiger partial charge in [-0.25, -0.2) is 0 Å². The molecule has 0 aromatic heterocycles. The fourth-order valence-corrected chi connectivity index (χ4v) is 12.2. The summed E-state index contributed by atoms with van der Waals surface area (Å²) in [5.41, 5.74) is 0.879. The average molecular weight is 459 g/mol. The van der Waals surface area contributed by atoms with Gasteiger partial charge in [-0.15, -0.1) is 0 Å². The first-order valence-corrected chi connectivity index (χ1v) is 14.3. The van der Waals surface area contributed by atoms with Gasteiger partial charge in [0, 0.05) is 5.41 Å². The molecule has 3 nitrogen and oxygen atoms in total. The number of fused-ring (bicyclic) bond motifs is 7. The SMILES string of the molecule is C[C@H]1[C@@H]2[C@H]3CC[C@@H]4[C@@]5(C)CC[C@H](O)C(C)(C)[C@@H]5CC[C@@]4(C)[C@]3(C)CC[C@]23CC[C@]1(C)O[C@@H]3O. The second kappa shape index (κ2) is 6.60. The van der Waals surface area contributed by atoms with Crippen molar-refractivity contribution in [3.63, 3.8) is 0 Å². The second-order valence-electron chi connectivity index (χ2n) is 15.4. The van der Waals surface area contributed by atoms with Gasteiger partial charge in [-0.3, -0.25) is 0 Å². The molecule has 12 atom stereocenters. The molecule has 2 saturated heterocycles. The summed E-state index contributed by atoms with van der Waals surface area (Å²) in [7, 11) is 0. The van der Waals surface area contributed by atoms with E-state index in [1.165, 1.54) is 38.5 Å². The van der Waals surface area contributed by atoms with E-state index in [1.54, 1.807) is 0 Å². The van der Waals surface area contributed by atoms with Gasteiger partial charge in [-0.2, -0.15) is 0 Å². The smallest absolute Gasteiger partial charge is 0.161 e. The van der Waals surface area contributed by atoms with Crippen LogP contribution in [0.3, 0.4) is 0 Å². The Morgan fingerprint density at radius 2 is 1.39 bits per heavy atom. The van der Waals surface area contributed by atoms with E-state index in [9.17, 15) is 10.2 Å². The van der Waals surface area contributed by atoms with Gasteiger partial charge < -0.3 is 14.9 Å². The zero-order valence-corrected chi connectivity index (χ0v) is 22.4. The van der Waals surface area contributed by atoms with Crippen LogP contribution in [0.5, 0.6) is 0 Å². The molecule has 2 N–H and O–H groups in total. The van der Waals surface area contributed by atoms with Crippen LogP contribution in [-0.2, 0) is 4.74 Å². The Labute approximate surface area is 202 Å². The molecular weight excluding hydrogens is 408 g/mol. The Kier molecular flexibility index (Phi) is 4.66. The van der Waals surface area contributed by atoms with Crippen LogP contribution in [0.25, 0.3) is 0 Å². The van der Waals surface area contributed by atoms with Gasteiger partial charge in [0.15, 0.2) is 6.29 Å². The van der Waals surface area contributed by atoms with E-state index in [0.29, 0.717) is 39.9 Å². The Balaban J connectivity index is 1.40. The predicted octanol–water partition coefficient (Wildman–Crippen LogP) is 6.56. The number of hydrogen-bond acceptors (Lipinski definition) is 3. The molecule has 0 amide bonds. The summed E-state index contributed by atoms with van der Waals surface area (Å²) in [6, 6.07) is 0. The number of aliphatic hydroxyl groups excluding tert-OH is 2. The van der Waals surface area contributed by atoms with Crippen molar-refractivity contribution in [3.05, 3.63) is 0 Å². The first-order valence-electron chi connectivity index (χ1n) is 14.3. The lowest BCUT2D eigenvalue weighted by molar-refractivity contribution is -0.377. The topological polar surface area (TPSA) is 49.7 Å². The van der Waals surface area contributed by atoms with Crippen LogP contribution in [0.2, 0.25) is 0 Å². The molecule has 3 heteroatoms. The van der Waals surface area contributed by atoms with Crippen molar-refractivity contribution in [1.82, 2.24) is 0 Å². The second-order valence-corrected chi connectivity index (χ2v) is 15.4. The van der Waals surface area contributed by atoms with Crippen LogP contribution in [0.1, 0.15) is 113 Å². The van der Waals surface area contributed by atoms with E-state index in [0.717, 1.165) is 31.6 Å². The fourth-order valence-electron chi connectivity index (χ4n) is 12.2. The van der Waals surface area contributed by atoms with Gasteiger partial charge in [-0.05, 0) is 122 Å². The number of hydrogen-bond donors (Lipinski definition) is 2. The molecule has 7 fully saturated rings. The Hall–Kier alpha value is -0.120. The van der Waals surface area contributed by atoms with Gasteiger partial charge in [0.25, 0.3) is 0 Å². The Morgan fingerprint density at radius 1 is 0.697 bits per heavy atom. The quantitative estimate of drug-likeness (QED) is 0.432. The van der Waals surface area contributed by atoms with Crippen LogP contribution in [-0.4, -0.2) is 28.2 Å². The van der Waals surface area contributed by atoms with Crippen LogP contribution in [0.4, 0.5) is 0 Å². The van der Waals surface area contributed by atoms with E-state index in [2.05, 4.69) is 48.5 Å². The van der Waals surface area contributed by atoms with Crippen LogP contribution in [0, 0.1) is 56.7 Å². The van der Waals surface area contributed by atoms with Crippen LogP contribution >= 0.6 is 0 Å². The van der Waals surface area contributed by atoms with Gasteiger partial charge in [0.2, 0.25) is 0 Å². The highest BCUT2D eigenvalue weighted by molar-refractivity contribution is 5.21. The molecule has 1 spiro atoms. The van der Waals surface area contributed by atoms with Crippen molar-refractivity contribution in [1.29, 1.82) is 0 Å². The highest BCUT2D eigenvalue weighted by Gasteiger charge is 2.73. The van der Waals surface area contributed by atoms with E-state index < -0.39 is 6.29 Å². The highest BCUT2D eigenvalue weighted by Crippen LogP contribution is 2.78. The summed E-state index contributed by atoms with van der Waals surface area (Å²) in [6.45, 7) is 17.4. The number of aliphatic hydroxyl groups is 2. The van der Waals surface area contributed by atoms with E-state index >= 15 is 0 Å². The molecule has 33 heavy (non-hydrogen) atoms. The summed E-state index contributed by atoms with van der Waals surface area (Å²) in [6.07, 6.45) is 11.3. The molecule has 2 aliphatic heterocycles. The van der Waals surface area contributed by atoms with Crippen LogP contribution < -0.4 is 0 Å². The molecule has 2 bridgehead atoms. The van der Waals surface area contributed by atoms with Gasteiger partial charge in [-0.1, -0.05) is 41.5 Å². The summed E-state index contributed by atoms with van der Waals surface area (Å²) in [5, 5.41) is 22.2. The predicted molar refractivity (Wildman–Crippen MR) is 131 cm³/mol. The average Bonchev–Trinajstić information content (AvgIpc) is 2.73. The van der Waals surface area contributed by atoms with E-state index in [4.69, 9.17) is 4.74 Å². The third-order valence-corrected chi connectivity index (χ3v) is 14.6. The largest absolute Gasteiger partial charge is 0.393 e. The van der Waals surface area contributed by atoms with Crippen molar-refractivity contribution in [2.45, 2.75) is 131 Å². The van der Waals surface area contributed by atoms with Crippen molar-refractivity contribution in [2.24, 2.45) is 56.7 Å². The zero-order chi connectivity index (χ0) is 23.8.